The normalized spacial score (nSPS) is 17.2. The average molecular weight is 261 g/mol. The van der Waals surface area contributed by atoms with Crippen LogP contribution in [-0.2, 0) is 13.0 Å². The van der Waals surface area contributed by atoms with E-state index in [4.69, 9.17) is 0 Å². The van der Waals surface area contributed by atoms with Gasteiger partial charge in [-0.2, -0.15) is 5.10 Å². The number of aliphatic hydroxyl groups excluding tert-OH is 1. The van der Waals surface area contributed by atoms with Gasteiger partial charge in [0.15, 0.2) is 0 Å². The second kappa shape index (κ2) is 5.11. The van der Waals surface area contributed by atoms with E-state index >= 15 is 0 Å². The second-order valence-electron chi connectivity index (χ2n) is 4.90. The van der Waals surface area contributed by atoms with E-state index in [0.29, 0.717) is 12.1 Å². The number of nitrogens with zero attached hydrogens (tertiary/aromatic N) is 2. The van der Waals surface area contributed by atoms with Crippen LogP contribution in [-0.4, -0.2) is 33.3 Å². The first-order valence-electron chi connectivity index (χ1n) is 6.40. The van der Waals surface area contributed by atoms with E-state index < -0.39 is 6.10 Å². The van der Waals surface area contributed by atoms with Crippen molar-refractivity contribution in [1.82, 2.24) is 15.1 Å². The minimum absolute atomic E-state index is 0.351. The summed E-state index contributed by atoms with van der Waals surface area (Å²) in [5.74, 6) is -0.351. The molecule has 2 N–H and O–H groups in total. The number of β-amino-alcohol motifs (C(OH)–C–C–N with tert-alkyl or cyclic N) is 1. The Morgan fingerprint density at radius 3 is 3.11 bits per heavy atom. The van der Waals surface area contributed by atoms with Crippen LogP contribution in [0, 0.1) is 5.82 Å². The van der Waals surface area contributed by atoms with Crippen LogP contribution in [0.1, 0.15) is 22.9 Å². The van der Waals surface area contributed by atoms with E-state index in [2.05, 4.69) is 15.1 Å². The maximum atomic E-state index is 13.6. The molecular weight excluding hydrogens is 245 g/mol. The lowest BCUT2D eigenvalue weighted by Gasteiger charge is -2.28. The standard InChI is InChI=1S/C14H16FN3O/c15-12-4-2-1-3-11(12)14(19)9-18-6-5-13-10(8-18)7-16-17-13/h1-4,7,14,19H,5-6,8-9H2,(H,16,17). The summed E-state index contributed by atoms with van der Waals surface area (Å²) < 4.78 is 13.6. The van der Waals surface area contributed by atoms with Crippen LogP contribution in [0.4, 0.5) is 4.39 Å². The number of benzene rings is 1. The van der Waals surface area contributed by atoms with Gasteiger partial charge in [0, 0.05) is 42.9 Å². The molecule has 0 bridgehead atoms. The number of halogens is 1. The van der Waals surface area contributed by atoms with Gasteiger partial charge in [0.05, 0.1) is 12.3 Å². The fraction of sp³-hybridized carbons (Fsp3) is 0.357. The summed E-state index contributed by atoms with van der Waals surface area (Å²) in [6.45, 7) is 2.03. The van der Waals surface area contributed by atoms with Gasteiger partial charge in [0.2, 0.25) is 0 Å². The zero-order valence-electron chi connectivity index (χ0n) is 10.5. The summed E-state index contributed by atoms with van der Waals surface area (Å²) in [6, 6.07) is 6.38. The summed E-state index contributed by atoms with van der Waals surface area (Å²) >= 11 is 0. The molecule has 0 saturated heterocycles. The summed E-state index contributed by atoms with van der Waals surface area (Å²) in [5, 5.41) is 17.1. The Labute approximate surface area is 110 Å². The summed E-state index contributed by atoms with van der Waals surface area (Å²) in [4.78, 5) is 2.12. The van der Waals surface area contributed by atoms with Crippen molar-refractivity contribution in [2.75, 3.05) is 13.1 Å². The number of aromatic amines is 1. The molecule has 3 rings (SSSR count). The fourth-order valence-corrected chi connectivity index (χ4v) is 2.52. The van der Waals surface area contributed by atoms with Gasteiger partial charge in [0.1, 0.15) is 5.82 Å². The lowest BCUT2D eigenvalue weighted by molar-refractivity contribution is 0.103. The summed E-state index contributed by atoms with van der Waals surface area (Å²) in [5.41, 5.74) is 2.68. The molecule has 1 unspecified atom stereocenters. The van der Waals surface area contributed by atoms with E-state index in [9.17, 15) is 9.50 Å². The molecule has 4 nitrogen and oxygen atoms in total. The van der Waals surface area contributed by atoms with Crippen LogP contribution >= 0.6 is 0 Å². The number of aromatic nitrogens is 2. The third kappa shape index (κ3) is 2.52. The molecule has 100 valence electrons. The highest BCUT2D eigenvalue weighted by molar-refractivity contribution is 5.21. The quantitative estimate of drug-likeness (QED) is 0.883. The number of hydrogen-bond donors (Lipinski definition) is 2. The van der Waals surface area contributed by atoms with Gasteiger partial charge in [-0.3, -0.25) is 10.00 Å². The molecule has 2 heterocycles. The topological polar surface area (TPSA) is 52.1 Å². The molecule has 1 aromatic carbocycles. The Bertz CT molecular complexity index is 569. The molecule has 19 heavy (non-hydrogen) atoms. The van der Waals surface area contributed by atoms with Crippen molar-refractivity contribution in [3.63, 3.8) is 0 Å². The van der Waals surface area contributed by atoms with Gasteiger partial charge >= 0.3 is 0 Å². The Hall–Kier alpha value is -1.72. The average Bonchev–Trinajstić information content (AvgIpc) is 2.86. The molecule has 0 amide bonds. The molecule has 0 radical (unpaired) electrons. The molecular formula is C14H16FN3O. The number of rotatable bonds is 3. The number of H-pyrrole nitrogens is 1. The van der Waals surface area contributed by atoms with Crippen LogP contribution in [0.15, 0.2) is 30.5 Å². The van der Waals surface area contributed by atoms with Gasteiger partial charge in [-0.1, -0.05) is 18.2 Å². The highest BCUT2D eigenvalue weighted by atomic mass is 19.1. The Balaban J connectivity index is 1.68. The minimum Gasteiger partial charge on any atom is -0.387 e. The number of fused-ring (bicyclic) bond motifs is 1. The van der Waals surface area contributed by atoms with Crippen LogP contribution in [0.25, 0.3) is 0 Å². The monoisotopic (exact) mass is 261 g/mol. The second-order valence-corrected chi connectivity index (χ2v) is 4.90. The Morgan fingerprint density at radius 1 is 1.42 bits per heavy atom. The van der Waals surface area contributed by atoms with Crippen molar-refractivity contribution in [2.45, 2.75) is 19.1 Å². The van der Waals surface area contributed by atoms with E-state index in [1.165, 1.54) is 6.07 Å². The molecule has 2 aromatic rings. The first-order chi connectivity index (χ1) is 9.24. The predicted octanol–water partition coefficient (Wildman–Crippen LogP) is 1.64. The van der Waals surface area contributed by atoms with Gasteiger partial charge in [0.25, 0.3) is 0 Å². The van der Waals surface area contributed by atoms with Crippen molar-refractivity contribution >= 4 is 0 Å². The van der Waals surface area contributed by atoms with Gasteiger partial charge < -0.3 is 5.11 Å². The maximum absolute atomic E-state index is 13.6. The molecule has 0 fully saturated rings. The van der Waals surface area contributed by atoms with Crippen LogP contribution in [0.2, 0.25) is 0 Å². The highest BCUT2D eigenvalue weighted by Crippen LogP contribution is 2.21. The van der Waals surface area contributed by atoms with Crippen molar-refractivity contribution in [3.8, 4) is 0 Å². The van der Waals surface area contributed by atoms with Crippen molar-refractivity contribution in [3.05, 3.63) is 53.1 Å². The van der Waals surface area contributed by atoms with Gasteiger partial charge in [-0.05, 0) is 6.07 Å². The molecule has 0 saturated carbocycles. The number of hydrogen-bond acceptors (Lipinski definition) is 3. The van der Waals surface area contributed by atoms with E-state index in [1.54, 1.807) is 18.2 Å². The van der Waals surface area contributed by atoms with Crippen LogP contribution in [0.3, 0.4) is 0 Å². The molecule has 1 aromatic heterocycles. The van der Waals surface area contributed by atoms with Crippen molar-refractivity contribution in [2.24, 2.45) is 0 Å². The van der Waals surface area contributed by atoms with Crippen molar-refractivity contribution < 1.29 is 9.50 Å². The predicted molar refractivity (Wildman–Crippen MR) is 68.9 cm³/mol. The van der Waals surface area contributed by atoms with Crippen molar-refractivity contribution in [1.29, 1.82) is 0 Å². The van der Waals surface area contributed by atoms with Crippen LogP contribution < -0.4 is 0 Å². The lowest BCUT2D eigenvalue weighted by atomic mass is 10.1. The largest absolute Gasteiger partial charge is 0.387 e. The van der Waals surface area contributed by atoms with E-state index in [0.717, 1.165) is 30.8 Å². The summed E-state index contributed by atoms with van der Waals surface area (Å²) in [6.07, 6.45) is 1.91. The molecule has 1 aliphatic rings. The van der Waals surface area contributed by atoms with E-state index in [1.807, 2.05) is 6.20 Å². The Morgan fingerprint density at radius 2 is 2.26 bits per heavy atom. The summed E-state index contributed by atoms with van der Waals surface area (Å²) in [7, 11) is 0. The van der Waals surface area contributed by atoms with Crippen LogP contribution in [0.5, 0.6) is 0 Å². The zero-order chi connectivity index (χ0) is 13.2. The molecule has 1 aliphatic heterocycles. The molecule has 5 heteroatoms. The third-order valence-corrected chi connectivity index (χ3v) is 3.57. The molecule has 1 atom stereocenters. The van der Waals surface area contributed by atoms with E-state index in [-0.39, 0.29) is 5.82 Å². The SMILES string of the molecule is OC(CN1CCc2[nH]ncc2C1)c1ccccc1F. The van der Waals surface area contributed by atoms with Gasteiger partial charge in [-0.25, -0.2) is 4.39 Å². The fourth-order valence-electron chi connectivity index (χ4n) is 2.52. The van der Waals surface area contributed by atoms with Gasteiger partial charge in [-0.15, -0.1) is 0 Å². The Kier molecular flexibility index (Phi) is 3.31. The smallest absolute Gasteiger partial charge is 0.129 e. The number of aliphatic hydroxyl groups is 1. The highest BCUT2D eigenvalue weighted by Gasteiger charge is 2.21. The first-order valence-corrected chi connectivity index (χ1v) is 6.40. The number of nitrogens with one attached hydrogen (secondary N) is 1. The third-order valence-electron chi connectivity index (χ3n) is 3.57. The minimum atomic E-state index is -0.797. The maximum Gasteiger partial charge on any atom is 0.129 e. The zero-order valence-corrected chi connectivity index (χ0v) is 10.5. The lowest BCUT2D eigenvalue weighted by Crippen LogP contribution is -2.33. The first kappa shape index (κ1) is 12.3. The molecule has 0 spiro atoms. The molecule has 0 aliphatic carbocycles.